The number of ether oxygens (including phenoxy) is 1. The molecule has 0 aromatic heterocycles. The normalized spacial score (nSPS) is 19.9. The van der Waals surface area contributed by atoms with Crippen molar-refractivity contribution in [2.75, 3.05) is 33.4 Å². The maximum atomic E-state index is 6.02. The van der Waals surface area contributed by atoms with Crippen molar-refractivity contribution >= 4 is 0 Å². The van der Waals surface area contributed by atoms with E-state index >= 15 is 0 Å². The second kappa shape index (κ2) is 6.98. The molecule has 0 bridgehead atoms. The van der Waals surface area contributed by atoms with Crippen LogP contribution in [0.2, 0.25) is 0 Å². The highest BCUT2D eigenvalue weighted by molar-refractivity contribution is 4.91. The predicted octanol–water partition coefficient (Wildman–Crippen LogP) is 1.00. The van der Waals surface area contributed by atoms with Gasteiger partial charge in [-0.25, -0.2) is 0 Å². The Bertz CT molecular complexity index is 171. The fourth-order valence-corrected chi connectivity index (χ4v) is 1.77. The van der Waals surface area contributed by atoms with Gasteiger partial charge in [-0.2, -0.15) is 0 Å². The fraction of sp³-hybridized carbons (Fsp3) is 0.818. The van der Waals surface area contributed by atoms with E-state index in [-0.39, 0.29) is 0 Å². The molecule has 1 aliphatic heterocycles. The van der Waals surface area contributed by atoms with Crippen LogP contribution < -0.4 is 5.73 Å². The lowest BCUT2D eigenvalue weighted by atomic mass is 10.1. The van der Waals surface area contributed by atoms with Gasteiger partial charge < -0.3 is 10.5 Å². The van der Waals surface area contributed by atoms with Gasteiger partial charge in [0.2, 0.25) is 0 Å². The molecule has 2 N–H and O–H groups in total. The molecule has 14 heavy (non-hydrogen) atoms. The Morgan fingerprint density at radius 3 is 3.00 bits per heavy atom. The van der Waals surface area contributed by atoms with Crippen LogP contribution in [0.25, 0.3) is 0 Å². The monoisotopic (exact) mass is 198 g/mol. The minimum absolute atomic E-state index is 0.302. The lowest BCUT2D eigenvalue weighted by Crippen LogP contribution is -2.39. The van der Waals surface area contributed by atoms with E-state index in [1.807, 2.05) is 0 Å². The van der Waals surface area contributed by atoms with E-state index in [9.17, 15) is 0 Å². The molecule has 1 atom stereocenters. The molecule has 0 aromatic rings. The van der Waals surface area contributed by atoms with Crippen LogP contribution >= 0.6 is 0 Å². The van der Waals surface area contributed by atoms with Gasteiger partial charge in [-0.3, -0.25) is 4.90 Å². The Morgan fingerprint density at radius 1 is 1.50 bits per heavy atom. The first-order chi connectivity index (χ1) is 6.83. The second-order valence-electron chi connectivity index (χ2n) is 3.91. The maximum Gasteiger partial charge on any atom is 0.0462 e. The van der Waals surface area contributed by atoms with Crippen LogP contribution in [-0.4, -0.2) is 44.3 Å². The zero-order chi connectivity index (χ0) is 10.2. The van der Waals surface area contributed by atoms with Crippen molar-refractivity contribution < 1.29 is 4.74 Å². The van der Waals surface area contributed by atoms with Crippen LogP contribution in [0.1, 0.15) is 19.3 Å². The highest BCUT2D eigenvalue weighted by atomic mass is 16.5. The fourth-order valence-electron chi connectivity index (χ4n) is 1.77. The van der Waals surface area contributed by atoms with Gasteiger partial charge in [-0.15, -0.1) is 0 Å². The van der Waals surface area contributed by atoms with Gasteiger partial charge in [0.05, 0.1) is 0 Å². The van der Waals surface area contributed by atoms with Crippen molar-refractivity contribution in [3.8, 4) is 0 Å². The maximum absolute atomic E-state index is 6.02. The average Bonchev–Trinajstić information content (AvgIpc) is 2.20. The summed E-state index contributed by atoms with van der Waals surface area (Å²) in [4.78, 5) is 2.41. The van der Waals surface area contributed by atoms with Crippen molar-refractivity contribution in [1.82, 2.24) is 4.90 Å². The van der Waals surface area contributed by atoms with Crippen molar-refractivity contribution in [3.05, 3.63) is 12.2 Å². The summed E-state index contributed by atoms with van der Waals surface area (Å²) in [5, 5.41) is 0. The molecule has 0 saturated carbocycles. The Kier molecular flexibility index (Phi) is 5.83. The number of hydrogen-bond donors (Lipinski definition) is 1. The molecule has 3 nitrogen and oxygen atoms in total. The van der Waals surface area contributed by atoms with E-state index in [0.29, 0.717) is 6.04 Å². The molecule has 1 heterocycles. The molecule has 0 fully saturated rings. The number of methoxy groups -OCH3 is 1. The SMILES string of the molecule is COCCCC(N)CN1CC=CCC1. The standard InChI is InChI=1S/C11H22N2O/c1-14-9-5-6-11(12)10-13-7-3-2-4-8-13/h2-3,11H,4-10,12H2,1H3. The largest absolute Gasteiger partial charge is 0.385 e. The molecular weight excluding hydrogens is 176 g/mol. The first-order valence-corrected chi connectivity index (χ1v) is 5.45. The summed E-state index contributed by atoms with van der Waals surface area (Å²) in [6.07, 6.45) is 7.78. The molecular formula is C11H22N2O. The van der Waals surface area contributed by atoms with Gasteiger partial charge in [0, 0.05) is 39.4 Å². The third kappa shape index (κ3) is 4.74. The molecule has 1 rings (SSSR count). The average molecular weight is 198 g/mol. The lowest BCUT2D eigenvalue weighted by Gasteiger charge is -2.26. The lowest BCUT2D eigenvalue weighted by molar-refractivity contribution is 0.186. The smallest absolute Gasteiger partial charge is 0.0462 e. The molecule has 0 aliphatic carbocycles. The molecule has 1 unspecified atom stereocenters. The van der Waals surface area contributed by atoms with Crippen LogP contribution in [-0.2, 0) is 4.74 Å². The third-order valence-electron chi connectivity index (χ3n) is 2.56. The summed E-state index contributed by atoms with van der Waals surface area (Å²) >= 11 is 0. The minimum atomic E-state index is 0.302. The van der Waals surface area contributed by atoms with E-state index in [1.165, 1.54) is 6.42 Å². The zero-order valence-electron chi connectivity index (χ0n) is 9.11. The summed E-state index contributed by atoms with van der Waals surface area (Å²) in [5.74, 6) is 0. The second-order valence-corrected chi connectivity index (χ2v) is 3.91. The quantitative estimate of drug-likeness (QED) is 0.511. The topological polar surface area (TPSA) is 38.5 Å². The predicted molar refractivity (Wildman–Crippen MR) is 59.3 cm³/mol. The van der Waals surface area contributed by atoms with Crippen molar-refractivity contribution in [3.63, 3.8) is 0 Å². The van der Waals surface area contributed by atoms with Gasteiger partial charge in [0.1, 0.15) is 0 Å². The number of rotatable bonds is 6. The molecule has 0 amide bonds. The first kappa shape index (κ1) is 11.7. The summed E-state index contributed by atoms with van der Waals surface area (Å²) in [7, 11) is 1.74. The van der Waals surface area contributed by atoms with Crippen molar-refractivity contribution in [1.29, 1.82) is 0 Å². The van der Waals surface area contributed by atoms with Crippen LogP contribution in [0, 0.1) is 0 Å². The van der Waals surface area contributed by atoms with Gasteiger partial charge in [-0.05, 0) is 19.3 Å². The van der Waals surface area contributed by atoms with Gasteiger partial charge in [0.25, 0.3) is 0 Å². The minimum Gasteiger partial charge on any atom is -0.385 e. The van der Waals surface area contributed by atoms with Crippen molar-refractivity contribution in [2.24, 2.45) is 5.73 Å². The Labute approximate surface area is 86.9 Å². The van der Waals surface area contributed by atoms with E-state index in [1.54, 1.807) is 7.11 Å². The number of nitrogens with zero attached hydrogens (tertiary/aromatic N) is 1. The highest BCUT2D eigenvalue weighted by Crippen LogP contribution is 2.04. The van der Waals surface area contributed by atoms with E-state index in [0.717, 1.165) is 39.1 Å². The Morgan fingerprint density at radius 2 is 2.36 bits per heavy atom. The molecule has 82 valence electrons. The van der Waals surface area contributed by atoms with Gasteiger partial charge in [0.15, 0.2) is 0 Å². The van der Waals surface area contributed by atoms with Crippen LogP contribution in [0.3, 0.4) is 0 Å². The zero-order valence-corrected chi connectivity index (χ0v) is 9.11. The molecule has 3 heteroatoms. The molecule has 0 spiro atoms. The first-order valence-electron chi connectivity index (χ1n) is 5.45. The number of nitrogens with two attached hydrogens (primary N) is 1. The van der Waals surface area contributed by atoms with Gasteiger partial charge in [-0.1, -0.05) is 12.2 Å². The van der Waals surface area contributed by atoms with E-state index in [2.05, 4.69) is 17.1 Å². The molecule has 0 aromatic carbocycles. The van der Waals surface area contributed by atoms with E-state index in [4.69, 9.17) is 10.5 Å². The molecule has 0 radical (unpaired) electrons. The van der Waals surface area contributed by atoms with Crippen LogP contribution in [0.15, 0.2) is 12.2 Å². The summed E-state index contributed by atoms with van der Waals surface area (Å²) in [6, 6.07) is 0.302. The van der Waals surface area contributed by atoms with E-state index < -0.39 is 0 Å². The summed E-state index contributed by atoms with van der Waals surface area (Å²) < 4.78 is 5.00. The highest BCUT2D eigenvalue weighted by Gasteiger charge is 2.10. The summed E-state index contributed by atoms with van der Waals surface area (Å²) in [6.45, 7) is 4.08. The van der Waals surface area contributed by atoms with Crippen LogP contribution in [0.5, 0.6) is 0 Å². The molecule has 1 aliphatic rings. The summed E-state index contributed by atoms with van der Waals surface area (Å²) in [5.41, 5.74) is 6.02. The molecule has 0 saturated heterocycles. The van der Waals surface area contributed by atoms with Gasteiger partial charge >= 0.3 is 0 Å². The Balaban J connectivity index is 2.06. The van der Waals surface area contributed by atoms with Crippen molar-refractivity contribution in [2.45, 2.75) is 25.3 Å². The number of hydrogen-bond acceptors (Lipinski definition) is 3. The Hall–Kier alpha value is -0.380. The van der Waals surface area contributed by atoms with Crippen LogP contribution in [0.4, 0.5) is 0 Å². The third-order valence-corrected chi connectivity index (χ3v) is 2.56.